The van der Waals surface area contributed by atoms with Crippen molar-refractivity contribution in [3.05, 3.63) is 24.3 Å². The maximum atomic E-state index is 11.0. The van der Waals surface area contributed by atoms with Crippen molar-refractivity contribution in [3.8, 4) is 5.75 Å². The van der Waals surface area contributed by atoms with Crippen molar-refractivity contribution in [3.63, 3.8) is 0 Å². The second-order valence-corrected chi connectivity index (χ2v) is 4.80. The van der Waals surface area contributed by atoms with E-state index in [1.807, 2.05) is 6.92 Å². The normalized spacial score (nSPS) is 12.3. The minimum Gasteiger partial charge on any atom is -0.507 e. The maximum absolute atomic E-state index is 11.0. The van der Waals surface area contributed by atoms with Gasteiger partial charge in [0.2, 0.25) is 0 Å². The molecule has 1 atom stereocenters. The average molecular weight is 240 g/mol. The van der Waals surface area contributed by atoms with E-state index in [1.54, 1.807) is 24.3 Å². The summed E-state index contributed by atoms with van der Waals surface area (Å²) >= 11 is 1.21. The predicted octanol–water partition coefficient (Wildman–Crippen LogP) is 3.13. The number of aromatic hydroxyl groups is 1. The molecule has 4 heteroatoms. The van der Waals surface area contributed by atoms with Gasteiger partial charge in [-0.05, 0) is 18.6 Å². The molecule has 2 N–H and O–H groups in total. The minimum absolute atomic E-state index is 0.148. The monoisotopic (exact) mass is 240 g/mol. The molecule has 3 nitrogen and oxygen atoms in total. The van der Waals surface area contributed by atoms with Gasteiger partial charge in [-0.2, -0.15) is 0 Å². The van der Waals surface area contributed by atoms with Gasteiger partial charge in [-0.3, -0.25) is 4.79 Å². The van der Waals surface area contributed by atoms with Gasteiger partial charge in [-0.15, -0.1) is 11.8 Å². The third-order valence-corrected chi connectivity index (χ3v) is 3.55. The fraction of sp³-hybridized carbons (Fsp3) is 0.417. The fourth-order valence-corrected chi connectivity index (χ4v) is 2.37. The van der Waals surface area contributed by atoms with Crippen LogP contribution in [0.15, 0.2) is 29.2 Å². The highest BCUT2D eigenvalue weighted by Crippen LogP contribution is 2.33. The first-order valence-corrected chi connectivity index (χ1v) is 6.20. The quantitative estimate of drug-likeness (QED) is 0.750. The number of carboxylic acid groups (broad SMARTS) is 1. The van der Waals surface area contributed by atoms with E-state index in [-0.39, 0.29) is 5.75 Å². The Kier molecular flexibility index (Phi) is 5.19. The number of hydrogen-bond donors (Lipinski definition) is 2. The molecule has 1 aromatic rings. The summed E-state index contributed by atoms with van der Waals surface area (Å²) in [6.07, 6.45) is 2.49. The van der Waals surface area contributed by atoms with Crippen molar-refractivity contribution in [2.45, 2.75) is 36.3 Å². The van der Waals surface area contributed by atoms with E-state index in [2.05, 4.69) is 0 Å². The molecule has 0 fully saturated rings. The molecule has 0 spiro atoms. The van der Waals surface area contributed by atoms with E-state index in [0.717, 1.165) is 12.8 Å². The van der Waals surface area contributed by atoms with Gasteiger partial charge >= 0.3 is 5.97 Å². The Bertz CT molecular complexity index is 352. The van der Waals surface area contributed by atoms with Crippen LogP contribution in [0.3, 0.4) is 0 Å². The van der Waals surface area contributed by atoms with Gasteiger partial charge in [0.1, 0.15) is 11.0 Å². The molecular formula is C12H16O3S. The molecule has 1 rings (SSSR count). The Hall–Kier alpha value is -1.16. The third-order valence-electron chi connectivity index (χ3n) is 2.23. The number of rotatable bonds is 6. The molecule has 0 aliphatic heterocycles. The lowest BCUT2D eigenvalue weighted by Gasteiger charge is -2.12. The van der Waals surface area contributed by atoms with Crippen LogP contribution in [0.25, 0.3) is 0 Å². The molecule has 0 heterocycles. The van der Waals surface area contributed by atoms with Crippen LogP contribution in [0.4, 0.5) is 0 Å². The number of phenolic OH excluding ortho intramolecular Hbond substituents is 1. The Balaban J connectivity index is 2.68. The van der Waals surface area contributed by atoms with Crippen molar-refractivity contribution in [2.75, 3.05) is 0 Å². The number of hydrogen-bond acceptors (Lipinski definition) is 3. The number of unbranched alkanes of at least 4 members (excludes halogenated alkanes) is 1. The number of benzene rings is 1. The molecule has 0 saturated carbocycles. The van der Waals surface area contributed by atoms with E-state index in [1.165, 1.54) is 11.8 Å². The summed E-state index contributed by atoms with van der Waals surface area (Å²) in [5.41, 5.74) is 0. The van der Waals surface area contributed by atoms with Crippen LogP contribution in [0.5, 0.6) is 5.75 Å². The zero-order valence-corrected chi connectivity index (χ0v) is 10.0. The highest BCUT2D eigenvalue weighted by Gasteiger charge is 2.19. The number of carboxylic acids is 1. The Morgan fingerprint density at radius 1 is 1.44 bits per heavy atom. The molecule has 0 saturated heterocycles. The maximum Gasteiger partial charge on any atom is 0.316 e. The molecular weight excluding hydrogens is 224 g/mol. The highest BCUT2D eigenvalue weighted by atomic mass is 32.2. The van der Waals surface area contributed by atoms with Crippen molar-refractivity contribution in [1.82, 2.24) is 0 Å². The van der Waals surface area contributed by atoms with Crippen LogP contribution in [0.1, 0.15) is 26.2 Å². The van der Waals surface area contributed by atoms with Crippen LogP contribution in [0.2, 0.25) is 0 Å². The third kappa shape index (κ3) is 3.77. The van der Waals surface area contributed by atoms with Gasteiger partial charge in [-0.1, -0.05) is 31.9 Å². The van der Waals surface area contributed by atoms with Crippen molar-refractivity contribution in [2.24, 2.45) is 0 Å². The summed E-state index contributed by atoms with van der Waals surface area (Å²) in [6, 6.07) is 6.82. The topological polar surface area (TPSA) is 57.5 Å². The number of aliphatic carboxylic acids is 1. The molecule has 0 radical (unpaired) electrons. The fourth-order valence-electron chi connectivity index (χ4n) is 1.33. The van der Waals surface area contributed by atoms with Crippen LogP contribution >= 0.6 is 11.8 Å². The highest BCUT2D eigenvalue weighted by molar-refractivity contribution is 8.00. The van der Waals surface area contributed by atoms with Gasteiger partial charge in [0.05, 0.1) is 0 Å². The number of carbonyl (C=O) groups is 1. The average Bonchev–Trinajstić information content (AvgIpc) is 2.26. The SMILES string of the molecule is CCCCC(Sc1ccccc1O)C(=O)O. The zero-order valence-electron chi connectivity index (χ0n) is 9.22. The predicted molar refractivity (Wildman–Crippen MR) is 64.9 cm³/mol. The van der Waals surface area contributed by atoms with Crippen LogP contribution in [-0.2, 0) is 4.79 Å². The summed E-state index contributed by atoms with van der Waals surface area (Å²) < 4.78 is 0. The van der Waals surface area contributed by atoms with Gasteiger partial charge in [0.15, 0.2) is 0 Å². The largest absolute Gasteiger partial charge is 0.507 e. The van der Waals surface area contributed by atoms with E-state index in [4.69, 9.17) is 5.11 Å². The molecule has 16 heavy (non-hydrogen) atoms. The molecule has 0 bridgehead atoms. The van der Waals surface area contributed by atoms with Gasteiger partial charge in [0.25, 0.3) is 0 Å². The second kappa shape index (κ2) is 6.43. The van der Waals surface area contributed by atoms with Gasteiger partial charge < -0.3 is 10.2 Å². The first kappa shape index (κ1) is 12.9. The van der Waals surface area contributed by atoms with Crippen molar-refractivity contribution in [1.29, 1.82) is 0 Å². The molecule has 1 aromatic carbocycles. The summed E-state index contributed by atoms with van der Waals surface area (Å²) in [5.74, 6) is -0.669. The van der Waals surface area contributed by atoms with Crippen LogP contribution in [-0.4, -0.2) is 21.4 Å². The molecule has 88 valence electrons. The van der Waals surface area contributed by atoms with Crippen molar-refractivity contribution < 1.29 is 15.0 Å². The van der Waals surface area contributed by atoms with E-state index >= 15 is 0 Å². The van der Waals surface area contributed by atoms with E-state index in [9.17, 15) is 9.90 Å². The first-order chi connectivity index (χ1) is 7.65. The molecule has 0 aromatic heterocycles. The summed E-state index contributed by atoms with van der Waals surface area (Å²) in [6.45, 7) is 2.03. The van der Waals surface area contributed by atoms with Crippen LogP contribution in [0, 0.1) is 0 Å². The molecule has 0 aliphatic rings. The second-order valence-electron chi connectivity index (χ2n) is 3.55. The molecule has 1 unspecified atom stereocenters. The summed E-state index contributed by atoms with van der Waals surface area (Å²) in [7, 11) is 0. The Morgan fingerprint density at radius 3 is 2.69 bits per heavy atom. The minimum atomic E-state index is -0.818. The molecule has 0 amide bonds. The Labute approximate surface area is 99.5 Å². The van der Waals surface area contributed by atoms with Crippen LogP contribution < -0.4 is 0 Å². The number of phenols is 1. The van der Waals surface area contributed by atoms with Crippen molar-refractivity contribution >= 4 is 17.7 Å². The summed E-state index contributed by atoms with van der Waals surface area (Å²) in [4.78, 5) is 11.6. The first-order valence-electron chi connectivity index (χ1n) is 5.32. The van der Waals surface area contributed by atoms with E-state index in [0.29, 0.717) is 11.3 Å². The lowest BCUT2D eigenvalue weighted by Crippen LogP contribution is -2.15. The zero-order chi connectivity index (χ0) is 12.0. The standard InChI is InChI=1S/C12H16O3S/c1-2-3-7-11(12(14)15)16-10-8-5-4-6-9(10)13/h4-6,8,11,13H,2-3,7H2,1H3,(H,14,15). The van der Waals surface area contributed by atoms with E-state index < -0.39 is 11.2 Å². The lowest BCUT2D eigenvalue weighted by molar-refractivity contribution is -0.136. The van der Waals surface area contributed by atoms with Gasteiger partial charge in [0, 0.05) is 4.90 Å². The number of para-hydroxylation sites is 1. The number of thioether (sulfide) groups is 1. The summed E-state index contributed by atoms with van der Waals surface area (Å²) in [5, 5.41) is 18.1. The van der Waals surface area contributed by atoms with Gasteiger partial charge in [-0.25, -0.2) is 0 Å². The smallest absolute Gasteiger partial charge is 0.316 e. The Morgan fingerprint density at radius 2 is 2.12 bits per heavy atom. The lowest BCUT2D eigenvalue weighted by atomic mass is 10.2. The molecule has 0 aliphatic carbocycles.